The van der Waals surface area contributed by atoms with Gasteiger partial charge in [-0.05, 0) is 41.8 Å². The van der Waals surface area contributed by atoms with Gasteiger partial charge in [0, 0.05) is 5.56 Å². The van der Waals surface area contributed by atoms with Gasteiger partial charge in [-0.3, -0.25) is 4.79 Å². The molecular formula is C11H8O2S. The third-order valence-electron chi connectivity index (χ3n) is 1.73. The van der Waals surface area contributed by atoms with Crippen molar-refractivity contribution in [2.45, 2.75) is 0 Å². The van der Waals surface area contributed by atoms with E-state index in [4.69, 9.17) is 4.74 Å². The van der Waals surface area contributed by atoms with Crippen molar-refractivity contribution in [1.29, 1.82) is 0 Å². The number of hydrogen-bond acceptors (Lipinski definition) is 3. The van der Waals surface area contributed by atoms with Crippen molar-refractivity contribution in [1.82, 2.24) is 0 Å². The van der Waals surface area contributed by atoms with Gasteiger partial charge in [0.1, 0.15) is 12.0 Å². The van der Waals surface area contributed by atoms with Gasteiger partial charge in [0.25, 0.3) is 0 Å². The maximum atomic E-state index is 10.4. The summed E-state index contributed by atoms with van der Waals surface area (Å²) >= 11 is 1.54. The molecule has 0 aliphatic heterocycles. The van der Waals surface area contributed by atoms with E-state index in [0.29, 0.717) is 5.56 Å². The normalized spacial score (nSPS) is 9.71. The summed E-state index contributed by atoms with van der Waals surface area (Å²) in [5, 5.41) is 2.80. The molecule has 0 amide bonds. The van der Waals surface area contributed by atoms with Gasteiger partial charge in [-0.25, -0.2) is 0 Å². The lowest BCUT2D eigenvalue weighted by molar-refractivity contribution is 0.112. The van der Waals surface area contributed by atoms with Gasteiger partial charge < -0.3 is 4.74 Å². The van der Waals surface area contributed by atoms with Crippen LogP contribution in [-0.4, -0.2) is 6.29 Å². The van der Waals surface area contributed by atoms with E-state index in [1.807, 2.05) is 17.5 Å². The predicted molar refractivity (Wildman–Crippen MR) is 56.2 cm³/mol. The second-order valence-corrected chi connectivity index (χ2v) is 3.63. The zero-order valence-corrected chi connectivity index (χ0v) is 8.16. The monoisotopic (exact) mass is 204 g/mol. The number of ether oxygens (including phenoxy) is 1. The highest BCUT2D eigenvalue weighted by molar-refractivity contribution is 7.11. The van der Waals surface area contributed by atoms with E-state index in [2.05, 4.69) is 0 Å². The minimum absolute atomic E-state index is 0.656. The predicted octanol–water partition coefficient (Wildman–Crippen LogP) is 3.35. The molecule has 0 N–H and O–H groups in total. The smallest absolute Gasteiger partial charge is 0.180 e. The van der Waals surface area contributed by atoms with Gasteiger partial charge in [-0.2, -0.15) is 0 Å². The number of thiophene rings is 1. The lowest BCUT2D eigenvalue weighted by atomic mass is 10.2. The molecule has 1 heterocycles. The quantitative estimate of drug-likeness (QED) is 0.716. The third-order valence-corrected chi connectivity index (χ3v) is 2.47. The fraction of sp³-hybridized carbons (Fsp3) is 0. The first-order chi connectivity index (χ1) is 6.88. The third kappa shape index (κ3) is 2.00. The van der Waals surface area contributed by atoms with Gasteiger partial charge in [0.15, 0.2) is 5.06 Å². The van der Waals surface area contributed by atoms with Crippen molar-refractivity contribution in [3.05, 3.63) is 47.3 Å². The topological polar surface area (TPSA) is 26.3 Å². The van der Waals surface area contributed by atoms with E-state index in [9.17, 15) is 4.79 Å². The summed E-state index contributed by atoms with van der Waals surface area (Å²) in [6.07, 6.45) is 0.814. The maximum absolute atomic E-state index is 10.4. The Morgan fingerprint density at radius 3 is 2.50 bits per heavy atom. The Kier molecular flexibility index (Phi) is 2.60. The molecule has 0 unspecified atom stereocenters. The van der Waals surface area contributed by atoms with Crippen LogP contribution >= 0.6 is 11.3 Å². The average molecular weight is 204 g/mol. The summed E-state index contributed by atoms with van der Waals surface area (Å²) < 4.78 is 5.52. The molecule has 2 aromatic rings. The van der Waals surface area contributed by atoms with Crippen LogP contribution in [0.5, 0.6) is 10.8 Å². The van der Waals surface area contributed by atoms with Crippen LogP contribution in [0, 0.1) is 0 Å². The van der Waals surface area contributed by atoms with Crippen LogP contribution in [0.3, 0.4) is 0 Å². The molecular weight excluding hydrogens is 196 g/mol. The lowest BCUT2D eigenvalue weighted by Gasteiger charge is -2.01. The van der Waals surface area contributed by atoms with Gasteiger partial charge in [-0.15, -0.1) is 11.3 Å². The van der Waals surface area contributed by atoms with Gasteiger partial charge in [0.05, 0.1) is 0 Å². The first-order valence-corrected chi connectivity index (χ1v) is 5.03. The molecule has 0 radical (unpaired) electrons. The Balaban J connectivity index is 2.14. The number of rotatable bonds is 3. The molecule has 3 heteroatoms. The highest BCUT2D eigenvalue weighted by Crippen LogP contribution is 2.25. The van der Waals surface area contributed by atoms with Crippen LogP contribution in [0.1, 0.15) is 10.4 Å². The molecule has 0 aliphatic carbocycles. The van der Waals surface area contributed by atoms with Crippen molar-refractivity contribution in [2.75, 3.05) is 0 Å². The highest BCUT2D eigenvalue weighted by atomic mass is 32.1. The second-order valence-electron chi connectivity index (χ2n) is 2.72. The van der Waals surface area contributed by atoms with Crippen molar-refractivity contribution in [3.63, 3.8) is 0 Å². The summed E-state index contributed by atoms with van der Waals surface area (Å²) in [7, 11) is 0. The molecule has 0 bridgehead atoms. The number of carbonyl (C=O) groups is 1. The Bertz CT molecular complexity index is 403. The summed E-state index contributed by atoms with van der Waals surface area (Å²) in [4.78, 5) is 10.4. The molecule has 0 saturated heterocycles. The molecule has 0 fully saturated rings. The molecule has 2 rings (SSSR count). The fourth-order valence-corrected chi connectivity index (χ4v) is 1.64. The van der Waals surface area contributed by atoms with Crippen LogP contribution in [-0.2, 0) is 0 Å². The lowest BCUT2D eigenvalue weighted by Crippen LogP contribution is -1.82. The fourth-order valence-electron chi connectivity index (χ4n) is 1.05. The van der Waals surface area contributed by atoms with E-state index in [-0.39, 0.29) is 0 Å². The highest BCUT2D eigenvalue weighted by Gasteiger charge is 1.97. The van der Waals surface area contributed by atoms with Crippen LogP contribution in [0.25, 0.3) is 0 Å². The van der Waals surface area contributed by atoms with Crippen molar-refractivity contribution >= 4 is 17.6 Å². The Hall–Kier alpha value is -1.61. The standard InChI is InChI=1S/C11H8O2S/c12-8-9-3-5-10(6-4-9)13-11-2-1-7-14-11/h1-8H. The number of benzene rings is 1. The number of carbonyl (C=O) groups excluding carboxylic acids is 1. The summed E-state index contributed by atoms with van der Waals surface area (Å²) in [6.45, 7) is 0. The molecule has 0 aliphatic rings. The van der Waals surface area contributed by atoms with Crippen molar-refractivity contribution < 1.29 is 9.53 Å². The zero-order chi connectivity index (χ0) is 9.80. The van der Waals surface area contributed by atoms with Gasteiger partial charge in [0.2, 0.25) is 0 Å². The molecule has 2 nitrogen and oxygen atoms in total. The maximum Gasteiger partial charge on any atom is 0.180 e. The summed E-state index contributed by atoms with van der Waals surface area (Å²) in [5.41, 5.74) is 0.656. The largest absolute Gasteiger partial charge is 0.447 e. The Morgan fingerprint density at radius 1 is 1.14 bits per heavy atom. The van der Waals surface area contributed by atoms with E-state index >= 15 is 0 Å². The van der Waals surface area contributed by atoms with Crippen LogP contribution in [0.2, 0.25) is 0 Å². The van der Waals surface area contributed by atoms with Crippen molar-refractivity contribution in [3.8, 4) is 10.8 Å². The minimum atomic E-state index is 0.656. The van der Waals surface area contributed by atoms with E-state index in [0.717, 1.165) is 17.1 Å². The minimum Gasteiger partial charge on any atom is -0.447 e. The molecule has 1 aromatic carbocycles. The second kappa shape index (κ2) is 4.07. The molecule has 0 saturated carbocycles. The molecule has 70 valence electrons. The number of aldehydes is 1. The molecule has 0 spiro atoms. The first-order valence-electron chi connectivity index (χ1n) is 4.15. The molecule has 1 aromatic heterocycles. The van der Waals surface area contributed by atoms with Crippen LogP contribution in [0.4, 0.5) is 0 Å². The van der Waals surface area contributed by atoms with Gasteiger partial charge >= 0.3 is 0 Å². The first kappa shape index (κ1) is 8.97. The molecule has 0 atom stereocenters. The average Bonchev–Trinajstić information content (AvgIpc) is 2.72. The van der Waals surface area contributed by atoms with E-state index in [1.165, 1.54) is 11.3 Å². The van der Waals surface area contributed by atoms with Crippen LogP contribution < -0.4 is 4.74 Å². The van der Waals surface area contributed by atoms with Crippen LogP contribution in [0.15, 0.2) is 41.8 Å². The van der Waals surface area contributed by atoms with E-state index < -0.39 is 0 Å². The number of hydrogen-bond donors (Lipinski definition) is 0. The SMILES string of the molecule is O=Cc1ccc(Oc2cccs2)cc1. The summed E-state index contributed by atoms with van der Waals surface area (Å²) in [6, 6.07) is 10.9. The summed E-state index contributed by atoms with van der Waals surface area (Å²) in [5.74, 6) is 0.748. The van der Waals surface area contributed by atoms with E-state index in [1.54, 1.807) is 24.3 Å². The Morgan fingerprint density at radius 2 is 1.93 bits per heavy atom. The zero-order valence-electron chi connectivity index (χ0n) is 7.34. The van der Waals surface area contributed by atoms with Gasteiger partial charge in [-0.1, -0.05) is 0 Å². The molecule has 14 heavy (non-hydrogen) atoms. The van der Waals surface area contributed by atoms with Crippen molar-refractivity contribution in [2.24, 2.45) is 0 Å². The Labute approximate surface area is 85.8 Å².